The van der Waals surface area contributed by atoms with E-state index in [9.17, 15) is 19.2 Å². The Morgan fingerprint density at radius 1 is 0.667 bits per heavy atom. The summed E-state index contributed by atoms with van der Waals surface area (Å²) in [5.41, 5.74) is -1.46. The van der Waals surface area contributed by atoms with Crippen LogP contribution in [0.15, 0.2) is 29.2 Å². The predicted molar refractivity (Wildman–Crippen MR) is 221 cm³/mol. The Balaban J connectivity index is 1.37. The van der Waals surface area contributed by atoms with Crippen molar-refractivity contribution in [1.29, 1.82) is 5.41 Å². The van der Waals surface area contributed by atoms with Crippen molar-refractivity contribution >= 4 is 151 Å². The molecule has 0 bridgehead atoms. The lowest BCUT2D eigenvalue weighted by molar-refractivity contribution is -0.0936. The minimum absolute atomic E-state index is 0.0479. The van der Waals surface area contributed by atoms with Crippen molar-refractivity contribution in [1.82, 2.24) is 4.98 Å². The van der Waals surface area contributed by atoms with E-state index in [1.54, 1.807) is 0 Å². The Bertz CT molecular complexity index is 2900. The highest BCUT2D eigenvalue weighted by molar-refractivity contribution is 7.94. The second-order valence-corrected chi connectivity index (χ2v) is 14.6. The average molecular weight is 929 g/mol. The monoisotopic (exact) mass is 925 g/mol. The van der Waals surface area contributed by atoms with Gasteiger partial charge in [-0.1, -0.05) is 98.9 Å². The standard InChI is InChI=1S/C39H7Cl8N3O6S/c1-2-3-4-5-6-7-8-9-10-11-12-21(48)55-56-57-18-15-17-13-14-19(22-36(51)23-24(37(22)52)28(41)32(45)31(44)27(23)40)49-35(17)20(16-18)50-38(53)25-26(39(50)54)30(43)34(47)33(46)29(25)42/h1,13-16,22,48H. The molecule has 0 unspecified atom stereocenters. The number of aromatic nitrogens is 1. The van der Waals surface area contributed by atoms with E-state index >= 15 is 0 Å². The number of hydrogen-bond donors (Lipinski definition) is 1. The van der Waals surface area contributed by atoms with Crippen LogP contribution >= 0.6 is 105 Å². The van der Waals surface area contributed by atoms with E-state index in [2.05, 4.69) is 70.1 Å². The smallest absolute Gasteiger partial charge is 0.295 e. The maximum atomic E-state index is 14.0. The molecule has 4 aromatic rings. The van der Waals surface area contributed by atoms with Gasteiger partial charge in [-0.2, -0.15) is 0 Å². The number of Topliss-reactive ketones (excluding diaryl/α,β-unsaturated/α-hetero) is 2. The molecule has 0 atom stereocenters. The highest BCUT2D eigenvalue weighted by Crippen LogP contribution is 2.49. The molecule has 57 heavy (non-hydrogen) atoms. The van der Waals surface area contributed by atoms with E-state index in [0.717, 1.165) is 0 Å². The Labute approximate surface area is 366 Å². The van der Waals surface area contributed by atoms with Crippen molar-refractivity contribution in [3.63, 3.8) is 0 Å². The molecule has 0 fully saturated rings. The molecule has 1 aromatic heterocycles. The second-order valence-electron chi connectivity index (χ2n) is 10.8. The topological polar surface area (TPSA) is 127 Å². The highest BCUT2D eigenvalue weighted by Gasteiger charge is 2.46. The summed E-state index contributed by atoms with van der Waals surface area (Å²) in [5.74, 6) is 20.2. The van der Waals surface area contributed by atoms with Gasteiger partial charge in [-0.15, -0.1) is 10.8 Å². The highest BCUT2D eigenvalue weighted by atomic mass is 35.5. The van der Waals surface area contributed by atoms with E-state index in [-0.39, 0.29) is 89.6 Å². The van der Waals surface area contributed by atoms with Gasteiger partial charge in [0.05, 0.1) is 91.4 Å². The molecule has 9 nitrogen and oxygen atoms in total. The van der Waals surface area contributed by atoms with Crippen molar-refractivity contribution < 1.29 is 28.4 Å². The number of terminal acetylenes is 1. The van der Waals surface area contributed by atoms with Gasteiger partial charge in [-0.3, -0.25) is 29.5 Å². The van der Waals surface area contributed by atoms with Crippen molar-refractivity contribution in [2.45, 2.75) is 10.8 Å². The third kappa shape index (κ3) is 7.72. The first-order valence-corrected chi connectivity index (χ1v) is 18.7. The van der Waals surface area contributed by atoms with E-state index in [1.807, 2.05) is 0 Å². The van der Waals surface area contributed by atoms with Gasteiger partial charge in [-0.25, -0.2) is 9.88 Å². The summed E-state index contributed by atoms with van der Waals surface area (Å²) in [7, 11) is 0. The Morgan fingerprint density at radius 2 is 1.14 bits per heavy atom. The minimum atomic E-state index is -1.56. The van der Waals surface area contributed by atoms with Crippen LogP contribution in [-0.4, -0.2) is 34.3 Å². The number of ketones is 2. The van der Waals surface area contributed by atoms with Crippen LogP contribution in [0.25, 0.3) is 10.9 Å². The van der Waals surface area contributed by atoms with Gasteiger partial charge in [0.1, 0.15) is 5.92 Å². The molecule has 1 aliphatic carbocycles. The summed E-state index contributed by atoms with van der Waals surface area (Å²) in [4.78, 5) is 65.9. The van der Waals surface area contributed by atoms with Crippen molar-refractivity contribution in [3.8, 4) is 71.5 Å². The van der Waals surface area contributed by atoms with Crippen LogP contribution in [0.1, 0.15) is 53.0 Å². The molecule has 0 saturated heterocycles. The van der Waals surface area contributed by atoms with Crippen LogP contribution < -0.4 is 4.90 Å². The lowest BCUT2D eigenvalue weighted by Crippen LogP contribution is -2.30. The zero-order valence-corrected chi connectivity index (χ0v) is 34.1. The molecular formula is C39H7Cl8N3O6S. The number of pyridine rings is 1. The van der Waals surface area contributed by atoms with Gasteiger partial charge >= 0.3 is 5.90 Å². The number of benzene rings is 3. The minimum Gasteiger partial charge on any atom is -0.295 e. The molecule has 0 spiro atoms. The number of anilines is 1. The zero-order chi connectivity index (χ0) is 41.3. The maximum Gasteiger partial charge on any atom is 0.303 e. The van der Waals surface area contributed by atoms with Crippen LogP contribution in [0.4, 0.5) is 5.69 Å². The number of fused-ring (bicyclic) bond motifs is 3. The SMILES string of the molecule is C#CC#CC#CC#CC#CC#CC(=N)OOSc1cc(N2C(=O)c3c(Cl)c(Cl)c(Cl)c(Cl)c3C2=O)c2nc(C3C(=O)c4c(Cl)c(Cl)c(Cl)c(Cl)c4C3=O)ccc2c1. The van der Waals surface area contributed by atoms with Gasteiger partial charge in [-0.05, 0) is 77.4 Å². The first-order chi connectivity index (χ1) is 27.2. The number of carbonyl (C=O) groups is 4. The largest absolute Gasteiger partial charge is 0.303 e. The first-order valence-electron chi connectivity index (χ1n) is 14.9. The lowest BCUT2D eigenvalue weighted by atomic mass is 9.98. The number of carbonyl (C=O) groups excluding carboxylic acids is 4. The average Bonchev–Trinajstić information content (AvgIpc) is 3.61. The van der Waals surface area contributed by atoms with Crippen LogP contribution in [0.2, 0.25) is 40.2 Å². The fourth-order valence-corrected chi connectivity index (χ4v) is 7.95. The lowest BCUT2D eigenvalue weighted by Gasteiger charge is -2.18. The number of imide groups is 1. The van der Waals surface area contributed by atoms with Crippen LogP contribution in [0.5, 0.6) is 0 Å². The van der Waals surface area contributed by atoms with Gasteiger partial charge < -0.3 is 0 Å². The van der Waals surface area contributed by atoms with Crippen molar-refractivity contribution in [2.24, 2.45) is 0 Å². The van der Waals surface area contributed by atoms with Gasteiger partial charge in [0.25, 0.3) is 11.8 Å². The molecule has 2 heterocycles. The maximum absolute atomic E-state index is 14.0. The van der Waals surface area contributed by atoms with E-state index in [1.165, 1.54) is 24.3 Å². The van der Waals surface area contributed by atoms with Crippen LogP contribution in [0, 0.1) is 77.0 Å². The van der Waals surface area contributed by atoms with E-state index < -0.39 is 35.2 Å². The summed E-state index contributed by atoms with van der Waals surface area (Å²) in [6.45, 7) is 0. The number of nitrogens with one attached hydrogen (secondary N) is 1. The van der Waals surface area contributed by atoms with Gasteiger partial charge in [0, 0.05) is 16.2 Å². The van der Waals surface area contributed by atoms with Crippen molar-refractivity contribution in [2.75, 3.05) is 4.90 Å². The quantitative estimate of drug-likeness (QED) is 0.0200. The molecule has 276 valence electrons. The number of amides is 2. The van der Waals surface area contributed by atoms with Gasteiger partial charge in [0.15, 0.2) is 11.6 Å². The van der Waals surface area contributed by atoms with E-state index in [0.29, 0.717) is 16.9 Å². The fourth-order valence-electron chi connectivity index (χ4n) is 5.38. The Hall–Kier alpha value is -4.99. The third-order valence-corrected chi connectivity index (χ3v) is 11.9. The molecule has 1 N–H and O–H groups in total. The number of nitrogens with zero attached hydrogens (tertiary/aromatic N) is 2. The Morgan fingerprint density at radius 3 is 1.65 bits per heavy atom. The molecule has 2 aliphatic rings. The summed E-state index contributed by atoms with van der Waals surface area (Å²) < 4.78 is 5.13. The predicted octanol–water partition coefficient (Wildman–Crippen LogP) is 10.0. The zero-order valence-electron chi connectivity index (χ0n) is 27.2. The molecule has 2 amide bonds. The Kier molecular flexibility index (Phi) is 12.6. The molecule has 0 radical (unpaired) electrons. The summed E-state index contributed by atoms with van der Waals surface area (Å²) in [6, 6.07) is 5.66. The molecule has 6 rings (SSSR count). The number of rotatable bonds is 5. The molecule has 1 aliphatic heterocycles. The molecule has 3 aromatic carbocycles. The fraction of sp³-hybridized carbons (Fsp3) is 0.0256. The van der Waals surface area contributed by atoms with Crippen LogP contribution in [-0.2, 0) is 9.22 Å². The number of halogens is 8. The summed E-state index contributed by atoms with van der Waals surface area (Å²) in [6.07, 6.45) is 4.98. The van der Waals surface area contributed by atoms with Crippen LogP contribution in [0.3, 0.4) is 0 Å². The molecule has 18 heteroatoms. The summed E-state index contributed by atoms with van der Waals surface area (Å²) in [5, 5.41) is 5.99. The first kappa shape index (κ1) is 41.6. The number of hydrogen-bond acceptors (Lipinski definition) is 9. The van der Waals surface area contributed by atoms with Crippen molar-refractivity contribution in [3.05, 3.63) is 92.4 Å². The third-order valence-electron chi connectivity index (χ3n) is 7.69. The summed E-state index contributed by atoms with van der Waals surface area (Å²) >= 11 is 50.9. The molecule has 0 saturated carbocycles. The normalized spacial score (nSPS) is 12.4. The van der Waals surface area contributed by atoms with Gasteiger partial charge in [0.2, 0.25) is 0 Å². The van der Waals surface area contributed by atoms with E-state index in [4.69, 9.17) is 114 Å². The second kappa shape index (κ2) is 17.2. The molecular weight excluding hydrogens is 922 g/mol.